The normalized spacial score (nSPS) is 12.2. The Morgan fingerprint density at radius 3 is 2.94 bits per heavy atom. The van der Waals surface area contributed by atoms with Crippen LogP contribution in [0.3, 0.4) is 0 Å². The van der Waals surface area contributed by atoms with Crippen LogP contribution >= 0.6 is 11.3 Å². The third kappa shape index (κ3) is 4.70. The first kappa shape index (κ1) is 13.9. The van der Waals surface area contributed by atoms with Gasteiger partial charge < -0.3 is 14.8 Å². The van der Waals surface area contributed by atoms with Crippen molar-refractivity contribution in [2.45, 2.75) is 26.8 Å². The first-order valence-electron chi connectivity index (χ1n) is 5.64. The van der Waals surface area contributed by atoms with Gasteiger partial charge >= 0.3 is 5.97 Å². The summed E-state index contributed by atoms with van der Waals surface area (Å²) in [6.45, 7) is 7.40. The highest BCUT2D eigenvalue weighted by atomic mass is 32.1. The molecule has 0 spiro atoms. The molecule has 96 valence electrons. The molecule has 0 fully saturated rings. The van der Waals surface area contributed by atoms with E-state index in [0.29, 0.717) is 30.6 Å². The van der Waals surface area contributed by atoms with Crippen LogP contribution in [0.1, 0.15) is 31.3 Å². The number of nitrogens with zero attached hydrogens (tertiary/aromatic N) is 1. The lowest BCUT2D eigenvalue weighted by molar-refractivity contribution is 0.0520. The Morgan fingerprint density at radius 2 is 2.29 bits per heavy atom. The molecule has 0 aliphatic carbocycles. The second kappa shape index (κ2) is 7.24. The fourth-order valence-corrected chi connectivity index (χ4v) is 1.98. The van der Waals surface area contributed by atoms with Crippen molar-refractivity contribution < 1.29 is 14.3 Å². The monoisotopic (exact) mass is 258 g/mol. The summed E-state index contributed by atoms with van der Waals surface area (Å²) >= 11 is 1.39. The highest BCUT2D eigenvalue weighted by Gasteiger charge is 2.12. The molecule has 17 heavy (non-hydrogen) atoms. The Labute approximate surface area is 105 Å². The minimum atomic E-state index is -0.380. The van der Waals surface area contributed by atoms with Crippen LogP contribution in [-0.4, -0.2) is 36.8 Å². The SMILES string of the molecule is CCOCC(C)Nc1nc(C(=O)OCC)cs1. The van der Waals surface area contributed by atoms with Crippen molar-refractivity contribution in [2.75, 3.05) is 25.1 Å². The van der Waals surface area contributed by atoms with Crippen molar-refractivity contribution in [1.82, 2.24) is 4.98 Å². The number of ether oxygens (including phenoxy) is 2. The van der Waals surface area contributed by atoms with E-state index in [2.05, 4.69) is 10.3 Å². The van der Waals surface area contributed by atoms with E-state index in [0.717, 1.165) is 0 Å². The highest BCUT2D eigenvalue weighted by Crippen LogP contribution is 2.17. The van der Waals surface area contributed by atoms with Gasteiger partial charge in [-0.1, -0.05) is 0 Å². The lowest BCUT2D eigenvalue weighted by Crippen LogP contribution is -2.21. The Balaban J connectivity index is 2.47. The number of thiazole rings is 1. The minimum absolute atomic E-state index is 0.163. The van der Waals surface area contributed by atoms with E-state index in [1.807, 2.05) is 13.8 Å². The van der Waals surface area contributed by atoms with Crippen LogP contribution in [0.5, 0.6) is 0 Å². The van der Waals surface area contributed by atoms with Crippen LogP contribution in [-0.2, 0) is 9.47 Å². The number of anilines is 1. The van der Waals surface area contributed by atoms with Gasteiger partial charge in [-0.2, -0.15) is 0 Å². The molecule has 1 heterocycles. The van der Waals surface area contributed by atoms with Gasteiger partial charge in [0.15, 0.2) is 10.8 Å². The molecule has 0 aliphatic rings. The third-order valence-electron chi connectivity index (χ3n) is 1.93. The number of aromatic nitrogens is 1. The molecule has 6 heteroatoms. The van der Waals surface area contributed by atoms with Crippen LogP contribution in [0.2, 0.25) is 0 Å². The summed E-state index contributed by atoms with van der Waals surface area (Å²) in [7, 11) is 0. The molecule has 5 nitrogen and oxygen atoms in total. The maximum atomic E-state index is 11.4. The fraction of sp³-hybridized carbons (Fsp3) is 0.636. The Hall–Kier alpha value is -1.14. The molecule has 0 aliphatic heterocycles. The van der Waals surface area contributed by atoms with E-state index in [9.17, 15) is 4.79 Å². The van der Waals surface area contributed by atoms with Crippen LogP contribution < -0.4 is 5.32 Å². The van der Waals surface area contributed by atoms with Crippen molar-refractivity contribution in [3.05, 3.63) is 11.1 Å². The summed E-state index contributed by atoms with van der Waals surface area (Å²) in [6, 6.07) is 0.163. The Kier molecular flexibility index (Phi) is 5.93. The zero-order valence-electron chi connectivity index (χ0n) is 10.4. The van der Waals surface area contributed by atoms with E-state index in [1.54, 1.807) is 12.3 Å². The molecule has 0 radical (unpaired) electrons. The average molecular weight is 258 g/mol. The van der Waals surface area contributed by atoms with Gasteiger partial charge in [0.25, 0.3) is 0 Å². The summed E-state index contributed by atoms with van der Waals surface area (Å²) in [5, 5.41) is 5.57. The minimum Gasteiger partial charge on any atom is -0.461 e. The number of esters is 1. The van der Waals surface area contributed by atoms with E-state index in [-0.39, 0.29) is 12.0 Å². The summed E-state index contributed by atoms with van der Waals surface area (Å²) in [5.74, 6) is -0.380. The standard InChI is InChI=1S/C11H18N2O3S/c1-4-15-6-8(3)12-11-13-9(7-17-11)10(14)16-5-2/h7-8H,4-6H2,1-3H3,(H,12,13). The second-order valence-corrected chi connectivity index (χ2v) is 4.32. The molecule has 1 aromatic heterocycles. The molecule has 1 atom stereocenters. The van der Waals surface area contributed by atoms with Gasteiger partial charge in [0.1, 0.15) is 0 Å². The van der Waals surface area contributed by atoms with Gasteiger partial charge in [-0.15, -0.1) is 11.3 Å². The van der Waals surface area contributed by atoms with E-state index in [1.165, 1.54) is 11.3 Å². The predicted molar refractivity (Wildman–Crippen MR) is 67.6 cm³/mol. The molecular formula is C11H18N2O3S. The maximum Gasteiger partial charge on any atom is 0.357 e. The van der Waals surface area contributed by atoms with Gasteiger partial charge in [0, 0.05) is 18.0 Å². The van der Waals surface area contributed by atoms with Gasteiger partial charge in [-0.3, -0.25) is 0 Å². The van der Waals surface area contributed by atoms with Crippen molar-refractivity contribution in [2.24, 2.45) is 0 Å². The summed E-state index contributed by atoms with van der Waals surface area (Å²) < 4.78 is 10.1. The number of hydrogen-bond donors (Lipinski definition) is 1. The molecule has 0 aromatic carbocycles. The van der Waals surface area contributed by atoms with Gasteiger partial charge in [-0.05, 0) is 20.8 Å². The van der Waals surface area contributed by atoms with Gasteiger partial charge in [0.2, 0.25) is 0 Å². The number of carbonyl (C=O) groups is 1. The number of hydrogen-bond acceptors (Lipinski definition) is 6. The maximum absolute atomic E-state index is 11.4. The zero-order chi connectivity index (χ0) is 12.7. The van der Waals surface area contributed by atoms with Crippen LogP contribution in [0.25, 0.3) is 0 Å². The van der Waals surface area contributed by atoms with Crippen molar-refractivity contribution in [3.8, 4) is 0 Å². The van der Waals surface area contributed by atoms with Crippen LogP contribution in [0.4, 0.5) is 5.13 Å². The molecule has 1 N–H and O–H groups in total. The molecule has 0 bridgehead atoms. The second-order valence-electron chi connectivity index (χ2n) is 3.46. The Morgan fingerprint density at radius 1 is 1.53 bits per heavy atom. The zero-order valence-corrected chi connectivity index (χ0v) is 11.2. The molecule has 1 unspecified atom stereocenters. The van der Waals surface area contributed by atoms with Crippen molar-refractivity contribution >= 4 is 22.4 Å². The van der Waals surface area contributed by atoms with E-state index >= 15 is 0 Å². The smallest absolute Gasteiger partial charge is 0.357 e. The van der Waals surface area contributed by atoms with Gasteiger partial charge in [-0.25, -0.2) is 9.78 Å². The van der Waals surface area contributed by atoms with Crippen molar-refractivity contribution in [3.63, 3.8) is 0 Å². The summed E-state index contributed by atoms with van der Waals surface area (Å²) in [4.78, 5) is 15.5. The molecule has 0 amide bonds. The molecular weight excluding hydrogens is 240 g/mol. The highest BCUT2D eigenvalue weighted by molar-refractivity contribution is 7.13. The number of carbonyl (C=O) groups excluding carboxylic acids is 1. The molecule has 0 saturated carbocycles. The number of rotatable bonds is 7. The lowest BCUT2D eigenvalue weighted by atomic mass is 10.4. The first-order chi connectivity index (χ1) is 8.17. The summed E-state index contributed by atoms with van der Waals surface area (Å²) in [6.07, 6.45) is 0. The predicted octanol–water partition coefficient (Wildman–Crippen LogP) is 2.16. The topological polar surface area (TPSA) is 60.5 Å². The van der Waals surface area contributed by atoms with E-state index < -0.39 is 0 Å². The summed E-state index contributed by atoms with van der Waals surface area (Å²) in [5.41, 5.74) is 0.350. The van der Waals surface area contributed by atoms with Crippen molar-refractivity contribution in [1.29, 1.82) is 0 Å². The molecule has 1 rings (SSSR count). The van der Waals surface area contributed by atoms with Crippen LogP contribution in [0, 0.1) is 0 Å². The van der Waals surface area contributed by atoms with E-state index in [4.69, 9.17) is 9.47 Å². The molecule has 0 saturated heterocycles. The third-order valence-corrected chi connectivity index (χ3v) is 2.70. The van der Waals surface area contributed by atoms with Crippen LogP contribution in [0.15, 0.2) is 5.38 Å². The van der Waals surface area contributed by atoms with Gasteiger partial charge in [0.05, 0.1) is 13.2 Å². The first-order valence-corrected chi connectivity index (χ1v) is 6.52. The average Bonchev–Trinajstić information content (AvgIpc) is 2.75. The largest absolute Gasteiger partial charge is 0.461 e. The number of nitrogens with one attached hydrogen (secondary N) is 1. The molecule has 1 aromatic rings. The quantitative estimate of drug-likeness (QED) is 0.759. The fourth-order valence-electron chi connectivity index (χ4n) is 1.19. The lowest BCUT2D eigenvalue weighted by Gasteiger charge is -2.11. The Bertz CT molecular complexity index is 354.